The molecule has 1 aromatic carbocycles. The van der Waals surface area contributed by atoms with Crippen LogP contribution in [0.2, 0.25) is 0 Å². The summed E-state index contributed by atoms with van der Waals surface area (Å²) in [6, 6.07) is 10.1. The van der Waals surface area contributed by atoms with Gasteiger partial charge in [-0.15, -0.1) is 17.9 Å². The first-order chi connectivity index (χ1) is 13.8. The first-order valence-electron chi connectivity index (χ1n) is 9.49. The lowest BCUT2D eigenvalue weighted by molar-refractivity contribution is -0.0440. The molecule has 2 unspecified atom stereocenters. The number of benzene rings is 1. The molecule has 8 heteroatoms. The molecular formula is C21H26N2O4S2. The number of amides is 1. The van der Waals surface area contributed by atoms with Gasteiger partial charge in [0, 0.05) is 30.1 Å². The molecule has 1 saturated heterocycles. The molecular weight excluding hydrogens is 408 g/mol. The van der Waals surface area contributed by atoms with E-state index in [1.54, 1.807) is 34.4 Å². The molecule has 156 valence electrons. The number of morpholine rings is 1. The number of hydrogen-bond donors (Lipinski definition) is 0. The van der Waals surface area contributed by atoms with Gasteiger partial charge in [-0.05, 0) is 49.6 Å². The van der Waals surface area contributed by atoms with Gasteiger partial charge in [0.1, 0.15) is 0 Å². The van der Waals surface area contributed by atoms with Crippen LogP contribution in [0.5, 0.6) is 0 Å². The van der Waals surface area contributed by atoms with Crippen LogP contribution >= 0.6 is 11.3 Å². The van der Waals surface area contributed by atoms with Crippen LogP contribution in [-0.2, 0) is 21.3 Å². The van der Waals surface area contributed by atoms with Crippen molar-refractivity contribution in [2.75, 3.05) is 19.6 Å². The lowest BCUT2D eigenvalue weighted by atomic mass is 10.2. The Morgan fingerprint density at radius 1 is 1.24 bits per heavy atom. The van der Waals surface area contributed by atoms with E-state index in [1.807, 2.05) is 31.4 Å². The summed E-state index contributed by atoms with van der Waals surface area (Å²) >= 11 is 1.59. The second-order valence-corrected chi connectivity index (χ2v) is 10.1. The molecule has 6 nitrogen and oxygen atoms in total. The smallest absolute Gasteiger partial charge is 0.254 e. The zero-order valence-corrected chi connectivity index (χ0v) is 18.3. The molecule has 1 fully saturated rings. The summed E-state index contributed by atoms with van der Waals surface area (Å²) in [7, 11) is -3.63. The van der Waals surface area contributed by atoms with Crippen molar-refractivity contribution < 1.29 is 17.9 Å². The Hall–Kier alpha value is -2.00. The van der Waals surface area contributed by atoms with Crippen molar-refractivity contribution in [2.45, 2.75) is 37.5 Å². The second-order valence-electron chi connectivity index (χ2n) is 7.16. The highest BCUT2D eigenvalue weighted by Crippen LogP contribution is 2.22. The Morgan fingerprint density at radius 2 is 1.90 bits per heavy atom. The van der Waals surface area contributed by atoms with E-state index >= 15 is 0 Å². The molecule has 0 aliphatic carbocycles. The van der Waals surface area contributed by atoms with Gasteiger partial charge in [0.15, 0.2) is 0 Å². The van der Waals surface area contributed by atoms with Gasteiger partial charge in [0.2, 0.25) is 10.0 Å². The maximum absolute atomic E-state index is 13.0. The number of rotatable bonds is 7. The van der Waals surface area contributed by atoms with Crippen LogP contribution in [0.4, 0.5) is 0 Å². The molecule has 1 aromatic heterocycles. The van der Waals surface area contributed by atoms with Crippen LogP contribution < -0.4 is 0 Å². The van der Waals surface area contributed by atoms with Crippen molar-refractivity contribution in [1.29, 1.82) is 0 Å². The van der Waals surface area contributed by atoms with E-state index in [9.17, 15) is 13.2 Å². The summed E-state index contributed by atoms with van der Waals surface area (Å²) < 4.78 is 33.0. The van der Waals surface area contributed by atoms with E-state index in [1.165, 1.54) is 16.4 Å². The first kappa shape index (κ1) is 21.7. The Kier molecular flexibility index (Phi) is 6.89. The van der Waals surface area contributed by atoms with E-state index in [4.69, 9.17) is 4.74 Å². The van der Waals surface area contributed by atoms with Crippen LogP contribution in [-0.4, -0.2) is 55.4 Å². The third-order valence-corrected chi connectivity index (χ3v) is 7.40. The summed E-state index contributed by atoms with van der Waals surface area (Å²) in [6.45, 7) is 9.01. The Balaban J connectivity index is 1.77. The first-order valence-corrected chi connectivity index (χ1v) is 11.8. The van der Waals surface area contributed by atoms with E-state index < -0.39 is 10.0 Å². The van der Waals surface area contributed by atoms with Gasteiger partial charge in [-0.2, -0.15) is 4.31 Å². The number of carbonyl (C=O) groups excluding carboxylic acids is 1. The van der Waals surface area contributed by atoms with Gasteiger partial charge in [0.05, 0.1) is 23.6 Å². The van der Waals surface area contributed by atoms with Gasteiger partial charge in [-0.25, -0.2) is 8.42 Å². The monoisotopic (exact) mass is 434 g/mol. The molecule has 0 saturated carbocycles. The summed E-state index contributed by atoms with van der Waals surface area (Å²) in [5.41, 5.74) is 0.450. The number of ether oxygens (including phenoxy) is 1. The van der Waals surface area contributed by atoms with Crippen molar-refractivity contribution in [2.24, 2.45) is 0 Å². The summed E-state index contributed by atoms with van der Waals surface area (Å²) in [5, 5.41) is 1.97. The van der Waals surface area contributed by atoms with Crippen molar-refractivity contribution in [1.82, 2.24) is 9.21 Å². The van der Waals surface area contributed by atoms with Crippen LogP contribution in [0.1, 0.15) is 29.1 Å². The number of nitrogens with zero attached hydrogens (tertiary/aromatic N) is 2. The average molecular weight is 435 g/mol. The zero-order chi connectivity index (χ0) is 21.0. The fourth-order valence-corrected chi connectivity index (χ4v) is 5.70. The van der Waals surface area contributed by atoms with Gasteiger partial charge >= 0.3 is 0 Å². The predicted molar refractivity (Wildman–Crippen MR) is 114 cm³/mol. The lowest BCUT2D eigenvalue weighted by Gasteiger charge is -2.34. The number of thiophene rings is 1. The third-order valence-electron chi connectivity index (χ3n) is 4.69. The zero-order valence-electron chi connectivity index (χ0n) is 16.7. The Morgan fingerprint density at radius 3 is 2.45 bits per heavy atom. The van der Waals surface area contributed by atoms with Gasteiger partial charge in [0.25, 0.3) is 5.91 Å². The van der Waals surface area contributed by atoms with E-state index in [0.29, 0.717) is 31.7 Å². The van der Waals surface area contributed by atoms with Crippen LogP contribution in [0, 0.1) is 0 Å². The lowest BCUT2D eigenvalue weighted by Crippen LogP contribution is -2.48. The molecule has 0 spiro atoms. The van der Waals surface area contributed by atoms with Crippen molar-refractivity contribution in [3.05, 3.63) is 64.9 Å². The van der Waals surface area contributed by atoms with Crippen LogP contribution in [0.15, 0.2) is 59.3 Å². The Bertz CT molecular complexity index is 930. The molecule has 0 bridgehead atoms. The summed E-state index contributed by atoms with van der Waals surface area (Å²) in [4.78, 5) is 15.9. The SMILES string of the molecule is C=CCN(Cc1cccs1)C(=O)c1ccc(S(=O)(=O)N2CC(C)OC(C)C2)cc1. The summed E-state index contributed by atoms with van der Waals surface area (Å²) in [5.74, 6) is -0.157. The maximum atomic E-state index is 13.0. The third kappa shape index (κ3) is 5.14. The molecule has 1 aliphatic rings. The largest absolute Gasteiger partial charge is 0.373 e. The quantitative estimate of drug-likeness (QED) is 0.627. The maximum Gasteiger partial charge on any atom is 0.254 e. The standard InChI is InChI=1S/C21H26N2O4S2/c1-4-11-22(15-19-6-5-12-28-19)21(24)18-7-9-20(10-8-18)29(25,26)23-13-16(2)27-17(3)14-23/h4-10,12,16-17H,1,11,13-15H2,2-3H3. The highest BCUT2D eigenvalue weighted by Gasteiger charge is 2.32. The highest BCUT2D eigenvalue weighted by atomic mass is 32.2. The van der Waals surface area contributed by atoms with Gasteiger partial charge < -0.3 is 9.64 Å². The molecule has 1 amide bonds. The van der Waals surface area contributed by atoms with Crippen LogP contribution in [0.25, 0.3) is 0 Å². The topological polar surface area (TPSA) is 66.9 Å². The fourth-order valence-electron chi connectivity index (χ4n) is 3.39. The highest BCUT2D eigenvalue weighted by molar-refractivity contribution is 7.89. The second kappa shape index (κ2) is 9.21. The van der Waals surface area contributed by atoms with Crippen molar-refractivity contribution >= 4 is 27.3 Å². The molecule has 3 rings (SSSR count). The van der Waals surface area contributed by atoms with Gasteiger partial charge in [-0.3, -0.25) is 4.79 Å². The molecule has 29 heavy (non-hydrogen) atoms. The number of sulfonamides is 1. The predicted octanol–water partition coefficient (Wildman–Crippen LogP) is 3.37. The van der Waals surface area contributed by atoms with E-state index in [0.717, 1.165) is 4.88 Å². The normalized spacial score (nSPS) is 20.3. The van der Waals surface area contributed by atoms with Crippen LogP contribution in [0.3, 0.4) is 0 Å². The molecule has 0 radical (unpaired) electrons. The minimum Gasteiger partial charge on any atom is -0.373 e. The average Bonchev–Trinajstić information content (AvgIpc) is 3.19. The van der Waals surface area contributed by atoms with Crippen molar-refractivity contribution in [3.8, 4) is 0 Å². The molecule has 2 atom stereocenters. The number of hydrogen-bond acceptors (Lipinski definition) is 5. The minimum absolute atomic E-state index is 0.154. The molecule has 2 heterocycles. The molecule has 1 aliphatic heterocycles. The van der Waals surface area contributed by atoms with E-state index in [2.05, 4.69) is 6.58 Å². The fraction of sp³-hybridized carbons (Fsp3) is 0.381. The van der Waals surface area contributed by atoms with Gasteiger partial charge in [-0.1, -0.05) is 12.1 Å². The molecule has 2 aromatic rings. The van der Waals surface area contributed by atoms with E-state index in [-0.39, 0.29) is 23.0 Å². The van der Waals surface area contributed by atoms with Crippen molar-refractivity contribution in [3.63, 3.8) is 0 Å². The number of carbonyl (C=O) groups is 1. The molecule has 0 N–H and O–H groups in total. The minimum atomic E-state index is -3.63. The Labute approximate surface area is 176 Å². The summed E-state index contributed by atoms with van der Waals surface area (Å²) in [6.07, 6.45) is 1.38.